The molecule has 0 bridgehead atoms. The van der Waals surface area contributed by atoms with E-state index in [1.807, 2.05) is 0 Å². The van der Waals surface area contributed by atoms with Crippen molar-refractivity contribution in [1.82, 2.24) is 5.32 Å². The Kier molecular flexibility index (Phi) is 4.48. The number of benzene rings is 1. The van der Waals surface area contributed by atoms with E-state index >= 15 is 0 Å². The van der Waals surface area contributed by atoms with Crippen LogP contribution in [0.25, 0.3) is 0 Å². The third-order valence-corrected chi connectivity index (χ3v) is 3.64. The molecule has 0 aromatic heterocycles. The van der Waals surface area contributed by atoms with Crippen LogP contribution in [0.2, 0.25) is 0 Å². The van der Waals surface area contributed by atoms with Crippen LogP contribution in [-0.4, -0.2) is 38.3 Å². The molecule has 0 aliphatic heterocycles. The third kappa shape index (κ3) is 3.54. The Labute approximate surface area is 107 Å². The molecule has 0 fully saturated rings. The van der Waals surface area contributed by atoms with E-state index in [0.29, 0.717) is 11.1 Å². The Bertz CT molecular complexity index is 551. The van der Waals surface area contributed by atoms with Gasteiger partial charge in [-0.25, -0.2) is 8.42 Å². The maximum atomic E-state index is 11.9. The maximum absolute atomic E-state index is 11.9. The van der Waals surface area contributed by atoms with Gasteiger partial charge in [-0.3, -0.25) is 4.79 Å². The monoisotopic (exact) mass is 271 g/mol. The number of nitrogens with one attached hydrogen (secondary N) is 1. The van der Waals surface area contributed by atoms with Crippen molar-refractivity contribution in [3.63, 3.8) is 0 Å². The molecule has 0 radical (unpaired) electrons. The number of rotatable bonds is 4. The molecule has 6 heteroatoms. The summed E-state index contributed by atoms with van der Waals surface area (Å²) in [4.78, 5) is 12.0. The number of hydrogen-bond donors (Lipinski definition) is 2. The number of carbonyl (C=O) groups is 1. The molecule has 1 rings (SSSR count). The number of amides is 1. The van der Waals surface area contributed by atoms with Gasteiger partial charge >= 0.3 is 0 Å². The normalized spacial score (nSPS) is 13.1. The minimum atomic E-state index is -3.34. The van der Waals surface area contributed by atoms with E-state index in [2.05, 4.69) is 5.32 Å². The quantitative estimate of drug-likeness (QED) is 0.835. The van der Waals surface area contributed by atoms with Gasteiger partial charge < -0.3 is 10.4 Å². The van der Waals surface area contributed by atoms with E-state index in [9.17, 15) is 13.2 Å². The van der Waals surface area contributed by atoms with Crippen LogP contribution >= 0.6 is 0 Å². The Morgan fingerprint density at radius 3 is 2.56 bits per heavy atom. The predicted octanol–water partition coefficient (Wildman–Crippen LogP) is 0.509. The highest BCUT2D eigenvalue weighted by Crippen LogP contribution is 2.15. The second-order valence-corrected chi connectivity index (χ2v) is 6.32. The van der Waals surface area contributed by atoms with Gasteiger partial charge in [0.2, 0.25) is 0 Å². The molecule has 1 aromatic carbocycles. The van der Waals surface area contributed by atoms with Gasteiger partial charge in [0, 0.05) is 17.9 Å². The highest BCUT2D eigenvalue weighted by atomic mass is 32.2. The first kappa shape index (κ1) is 14.7. The van der Waals surface area contributed by atoms with Gasteiger partial charge in [0.05, 0.1) is 11.5 Å². The minimum Gasteiger partial charge on any atom is -0.394 e. The second-order valence-electron chi connectivity index (χ2n) is 4.31. The average molecular weight is 271 g/mol. The Balaban J connectivity index is 3.12. The summed E-state index contributed by atoms with van der Waals surface area (Å²) in [6.45, 7) is 3.22. The van der Waals surface area contributed by atoms with Crippen molar-refractivity contribution >= 4 is 15.7 Å². The molecule has 0 aliphatic carbocycles. The smallest absolute Gasteiger partial charge is 0.251 e. The topological polar surface area (TPSA) is 83.5 Å². The highest BCUT2D eigenvalue weighted by molar-refractivity contribution is 7.90. The summed E-state index contributed by atoms with van der Waals surface area (Å²) in [5.41, 5.74) is 0.989. The molecule has 0 heterocycles. The first-order chi connectivity index (χ1) is 8.25. The molecule has 1 atom stereocenters. The largest absolute Gasteiger partial charge is 0.394 e. The van der Waals surface area contributed by atoms with Gasteiger partial charge in [-0.15, -0.1) is 0 Å². The number of carbonyl (C=O) groups excluding carboxylic acids is 1. The van der Waals surface area contributed by atoms with Gasteiger partial charge in [0.25, 0.3) is 5.91 Å². The zero-order valence-corrected chi connectivity index (χ0v) is 11.4. The van der Waals surface area contributed by atoms with Gasteiger partial charge in [0.15, 0.2) is 9.84 Å². The number of hydrogen-bond acceptors (Lipinski definition) is 4. The number of aryl methyl sites for hydroxylation is 1. The highest BCUT2D eigenvalue weighted by Gasteiger charge is 2.15. The second kappa shape index (κ2) is 5.49. The standard InChI is InChI=1S/C12H17NO4S/c1-8-4-5-10(18(3,16)17)6-11(8)12(15)13-9(2)7-14/h4-6,9,14H,7H2,1-3H3,(H,13,15). The van der Waals surface area contributed by atoms with Crippen LogP contribution in [0.5, 0.6) is 0 Å². The molecule has 0 aliphatic rings. The summed E-state index contributed by atoms with van der Waals surface area (Å²) < 4.78 is 22.9. The fraction of sp³-hybridized carbons (Fsp3) is 0.417. The van der Waals surface area contributed by atoms with E-state index in [-0.39, 0.29) is 23.5 Å². The molecular weight excluding hydrogens is 254 g/mol. The predicted molar refractivity (Wildman–Crippen MR) is 68.3 cm³/mol. The molecule has 1 aromatic rings. The van der Waals surface area contributed by atoms with Crippen LogP contribution in [-0.2, 0) is 9.84 Å². The average Bonchev–Trinajstić information content (AvgIpc) is 2.27. The molecule has 100 valence electrons. The van der Waals surface area contributed by atoms with E-state index in [1.165, 1.54) is 12.1 Å². The van der Waals surface area contributed by atoms with E-state index in [1.54, 1.807) is 19.9 Å². The molecule has 18 heavy (non-hydrogen) atoms. The van der Waals surface area contributed by atoms with Crippen molar-refractivity contribution in [3.05, 3.63) is 29.3 Å². The van der Waals surface area contributed by atoms with Gasteiger partial charge in [0.1, 0.15) is 0 Å². The minimum absolute atomic E-state index is 0.106. The lowest BCUT2D eigenvalue weighted by Crippen LogP contribution is -2.35. The molecule has 0 saturated carbocycles. The fourth-order valence-electron chi connectivity index (χ4n) is 1.42. The summed E-state index contributed by atoms with van der Waals surface area (Å²) in [6.07, 6.45) is 1.09. The Morgan fingerprint density at radius 1 is 1.44 bits per heavy atom. The summed E-state index contributed by atoms with van der Waals surface area (Å²) in [5.74, 6) is -0.389. The van der Waals surface area contributed by atoms with Crippen LogP contribution < -0.4 is 5.32 Å². The van der Waals surface area contributed by atoms with E-state index in [0.717, 1.165) is 6.26 Å². The van der Waals surface area contributed by atoms with Crippen molar-refractivity contribution < 1.29 is 18.3 Å². The van der Waals surface area contributed by atoms with Crippen LogP contribution in [0.1, 0.15) is 22.8 Å². The van der Waals surface area contributed by atoms with Gasteiger partial charge in [-0.2, -0.15) is 0 Å². The lowest BCUT2D eigenvalue weighted by molar-refractivity contribution is 0.0921. The summed E-state index contributed by atoms with van der Waals surface area (Å²) in [5, 5.41) is 11.5. The third-order valence-electron chi connectivity index (χ3n) is 2.53. The van der Waals surface area contributed by atoms with Crippen molar-refractivity contribution in [3.8, 4) is 0 Å². The van der Waals surface area contributed by atoms with Gasteiger partial charge in [-0.1, -0.05) is 6.07 Å². The SMILES string of the molecule is Cc1ccc(S(C)(=O)=O)cc1C(=O)NC(C)CO. The Morgan fingerprint density at radius 2 is 2.06 bits per heavy atom. The lowest BCUT2D eigenvalue weighted by Gasteiger charge is -2.13. The summed E-state index contributed by atoms with van der Waals surface area (Å²) in [7, 11) is -3.34. The van der Waals surface area contributed by atoms with Crippen LogP contribution in [0.4, 0.5) is 0 Å². The maximum Gasteiger partial charge on any atom is 0.251 e. The Hall–Kier alpha value is -1.40. The van der Waals surface area contributed by atoms with E-state index in [4.69, 9.17) is 5.11 Å². The zero-order chi connectivity index (χ0) is 13.9. The molecule has 0 saturated heterocycles. The van der Waals surface area contributed by atoms with Crippen molar-refractivity contribution in [1.29, 1.82) is 0 Å². The zero-order valence-electron chi connectivity index (χ0n) is 10.6. The van der Waals surface area contributed by atoms with Crippen LogP contribution in [0.3, 0.4) is 0 Å². The van der Waals surface area contributed by atoms with Gasteiger partial charge in [-0.05, 0) is 31.5 Å². The molecule has 1 amide bonds. The summed E-state index contributed by atoms with van der Waals surface area (Å²) in [6, 6.07) is 4.04. The summed E-state index contributed by atoms with van der Waals surface area (Å²) >= 11 is 0. The molecule has 1 unspecified atom stereocenters. The van der Waals surface area contributed by atoms with Crippen molar-refractivity contribution in [2.45, 2.75) is 24.8 Å². The lowest BCUT2D eigenvalue weighted by atomic mass is 10.1. The molecular formula is C12H17NO4S. The molecule has 2 N–H and O–H groups in total. The molecule has 0 spiro atoms. The van der Waals surface area contributed by atoms with Crippen molar-refractivity contribution in [2.75, 3.05) is 12.9 Å². The number of aliphatic hydroxyl groups excluding tert-OH is 1. The first-order valence-corrected chi connectivity index (χ1v) is 7.37. The van der Waals surface area contributed by atoms with E-state index < -0.39 is 9.84 Å². The van der Waals surface area contributed by atoms with Crippen LogP contribution in [0.15, 0.2) is 23.1 Å². The van der Waals surface area contributed by atoms with Crippen LogP contribution in [0, 0.1) is 6.92 Å². The van der Waals surface area contributed by atoms with Crippen molar-refractivity contribution in [2.24, 2.45) is 0 Å². The number of aliphatic hydroxyl groups is 1. The molecule has 5 nitrogen and oxygen atoms in total. The fourth-order valence-corrected chi connectivity index (χ4v) is 2.07. The number of sulfone groups is 1. The first-order valence-electron chi connectivity index (χ1n) is 5.48.